The third kappa shape index (κ3) is 5.24. The summed E-state index contributed by atoms with van der Waals surface area (Å²) in [6, 6.07) is 5.16. The summed E-state index contributed by atoms with van der Waals surface area (Å²) in [4.78, 5) is 21.2. The van der Waals surface area contributed by atoms with Crippen LogP contribution in [-0.2, 0) is 11.3 Å². The van der Waals surface area contributed by atoms with Gasteiger partial charge in [-0.2, -0.15) is 0 Å². The molecule has 1 fully saturated rings. The van der Waals surface area contributed by atoms with Crippen molar-refractivity contribution in [2.75, 3.05) is 25.5 Å². The van der Waals surface area contributed by atoms with E-state index in [1.54, 1.807) is 18.3 Å². The SMILES string of the molecule is COc1cc(CN2CC[C@@H](Nc3cnc(/C=C/C(=O)O)cn3)C2)ccc1F. The Kier molecular flexibility index (Phi) is 5.97. The number of likely N-dealkylation sites (tertiary alicyclic amines) is 1. The first kappa shape index (κ1) is 18.8. The number of nitrogens with zero attached hydrogens (tertiary/aromatic N) is 3. The molecule has 1 aromatic heterocycles. The molecule has 2 aromatic rings. The maximum atomic E-state index is 13.5. The fourth-order valence-corrected chi connectivity index (χ4v) is 3.02. The summed E-state index contributed by atoms with van der Waals surface area (Å²) in [5.74, 6) is -0.474. The molecule has 27 heavy (non-hydrogen) atoms. The van der Waals surface area contributed by atoms with Crippen molar-refractivity contribution in [2.24, 2.45) is 0 Å². The zero-order valence-corrected chi connectivity index (χ0v) is 14.9. The summed E-state index contributed by atoms with van der Waals surface area (Å²) >= 11 is 0. The van der Waals surface area contributed by atoms with Crippen molar-refractivity contribution in [3.8, 4) is 5.75 Å². The van der Waals surface area contributed by atoms with Crippen LogP contribution < -0.4 is 10.1 Å². The van der Waals surface area contributed by atoms with Crippen LogP contribution in [0.3, 0.4) is 0 Å². The summed E-state index contributed by atoms with van der Waals surface area (Å²) < 4.78 is 18.5. The Morgan fingerprint density at radius 2 is 2.30 bits per heavy atom. The first-order valence-corrected chi connectivity index (χ1v) is 8.58. The van der Waals surface area contributed by atoms with E-state index in [9.17, 15) is 9.18 Å². The standard InChI is InChI=1S/C19H21FN4O3/c1-27-17-8-13(2-4-16(17)20)11-24-7-6-15(12-24)23-18-10-21-14(9-22-18)3-5-19(25)26/h2-5,8-10,15H,6-7,11-12H2,1H3,(H,22,23)(H,25,26)/b5-3+/t15-/m1/s1. The van der Waals surface area contributed by atoms with Gasteiger partial charge in [0.25, 0.3) is 0 Å². The molecular weight excluding hydrogens is 351 g/mol. The van der Waals surface area contributed by atoms with Crippen molar-refractivity contribution in [3.63, 3.8) is 0 Å². The molecule has 1 atom stereocenters. The van der Waals surface area contributed by atoms with E-state index in [-0.39, 0.29) is 17.6 Å². The normalized spacial score (nSPS) is 17.3. The Labute approximate surface area is 156 Å². The van der Waals surface area contributed by atoms with Gasteiger partial charge in [-0.05, 0) is 30.2 Å². The Hall–Kier alpha value is -3.00. The van der Waals surface area contributed by atoms with E-state index in [4.69, 9.17) is 9.84 Å². The smallest absolute Gasteiger partial charge is 0.328 e. The highest BCUT2D eigenvalue weighted by Crippen LogP contribution is 2.21. The first-order valence-electron chi connectivity index (χ1n) is 8.58. The highest BCUT2D eigenvalue weighted by Gasteiger charge is 2.23. The predicted octanol–water partition coefficient (Wildman–Crippen LogP) is 2.41. The van der Waals surface area contributed by atoms with Crippen LogP contribution in [0.4, 0.5) is 10.2 Å². The van der Waals surface area contributed by atoms with Crippen LogP contribution in [0.25, 0.3) is 6.08 Å². The molecule has 8 heteroatoms. The highest BCUT2D eigenvalue weighted by molar-refractivity contribution is 5.84. The molecule has 1 saturated heterocycles. The Morgan fingerprint density at radius 3 is 3.00 bits per heavy atom. The summed E-state index contributed by atoms with van der Waals surface area (Å²) in [5, 5.41) is 12.0. The molecule has 0 saturated carbocycles. The highest BCUT2D eigenvalue weighted by atomic mass is 19.1. The van der Waals surface area contributed by atoms with Gasteiger partial charge in [-0.3, -0.25) is 9.88 Å². The van der Waals surface area contributed by atoms with E-state index < -0.39 is 5.97 Å². The summed E-state index contributed by atoms with van der Waals surface area (Å²) in [5.41, 5.74) is 1.49. The fourth-order valence-electron chi connectivity index (χ4n) is 3.02. The number of carboxylic acids is 1. The Bertz CT molecular complexity index is 826. The average molecular weight is 372 g/mol. The maximum absolute atomic E-state index is 13.5. The van der Waals surface area contributed by atoms with Gasteiger partial charge in [-0.25, -0.2) is 14.2 Å². The molecule has 0 radical (unpaired) electrons. The van der Waals surface area contributed by atoms with Crippen molar-refractivity contribution in [1.29, 1.82) is 0 Å². The van der Waals surface area contributed by atoms with Gasteiger partial charge in [-0.15, -0.1) is 0 Å². The summed E-state index contributed by atoms with van der Waals surface area (Å²) in [6.45, 7) is 2.48. The van der Waals surface area contributed by atoms with Crippen LogP contribution in [0.2, 0.25) is 0 Å². The van der Waals surface area contributed by atoms with Crippen molar-refractivity contribution < 1.29 is 19.0 Å². The third-order valence-electron chi connectivity index (χ3n) is 4.31. The molecule has 1 aliphatic rings. The quantitative estimate of drug-likeness (QED) is 0.722. The third-order valence-corrected chi connectivity index (χ3v) is 4.31. The van der Waals surface area contributed by atoms with Crippen molar-refractivity contribution in [1.82, 2.24) is 14.9 Å². The number of methoxy groups -OCH3 is 1. The molecule has 0 aliphatic carbocycles. The summed E-state index contributed by atoms with van der Waals surface area (Å²) in [6.07, 6.45) is 6.50. The fraction of sp³-hybridized carbons (Fsp3) is 0.316. The molecule has 1 aromatic carbocycles. The first-order chi connectivity index (χ1) is 13.0. The molecular formula is C19H21FN4O3. The minimum absolute atomic E-state index is 0.238. The van der Waals surface area contributed by atoms with E-state index in [0.717, 1.165) is 37.7 Å². The van der Waals surface area contributed by atoms with Gasteiger partial charge >= 0.3 is 5.97 Å². The van der Waals surface area contributed by atoms with Gasteiger partial charge in [0.15, 0.2) is 11.6 Å². The lowest BCUT2D eigenvalue weighted by Gasteiger charge is -2.17. The number of carbonyl (C=O) groups is 1. The van der Waals surface area contributed by atoms with Crippen LogP contribution >= 0.6 is 0 Å². The van der Waals surface area contributed by atoms with E-state index >= 15 is 0 Å². The lowest BCUT2D eigenvalue weighted by Crippen LogP contribution is -2.26. The van der Waals surface area contributed by atoms with Gasteiger partial charge in [0, 0.05) is 31.8 Å². The van der Waals surface area contributed by atoms with Gasteiger partial charge < -0.3 is 15.2 Å². The molecule has 1 aliphatic heterocycles. The van der Waals surface area contributed by atoms with Crippen LogP contribution in [-0.4, -0.2) is 52.2 Å². The lowest BCUT2D eigenvalue weighted by atomic mass is 10.2. The molecule has 2 N–H and O–H groups in total. The number of hydrogen-bond donors (Lipinski definition) is 2. The number of anilines is 1. The maximum Gasteiger partial charge on any atom is 0.328 e. The van der Waals surface area contributed by atoms with E-state index in [1.165, 1.54) is 25.4 Å². The van der Waals surface area contributed by atoms with Crippen LogP contribution in [0.5, 0.6) is 5.75 Å². The van der Waals surface area contributed by atoms with Gasteiger partial charge in [0.05, 0.1) is 25.2 Å². The zero-order valence-electron chi connectivity index (χ0n) is 14.9. The number of aromatic nitrogens is 2. The number of hydrogen-bond acceptors (Lipinski definition) is 6. The second-order valence-corrected chi connectivity index (χ2v) is 6.33. The molecule has 0 spiro atoms. The molecule has 142 valence electrons. The molecule has 7 nitrogen and oxygen atoms in total. The topological polar surface area (TPSA) is 87.6 Å². The monoisotopic (exact) mass is 372 g/mol. The van der Waals surface area contributed by atoms with Crippen LogP contribution in [0.1, 0.15) is 17.7 Å². The van der Waals surface area contributed by atoms with E-state index in [2.05, 4.69) is 20.2 Å². The van der Waals surface area contributed by atoms with Crippen molar-refractivity contribution in [2.45, 2.75) is 19.0 Å². The number of halogens is 1. The van der Waals surface area contributed by atoms with Crippen molar-refractivity contribution in [3.05, 3.63) is 53.7 Å². The molecule has 2 heterocycles. The van der Waals surface area contributed by atoms with E-state index in [0.29, 0.717) is 11.5 Å². The average Bonchev–Trinajstić information content (AvgIpc) is 3.09. The number of nitrogens with one attached hydrogen (secondary N) is 1. The van der Waals surface area contributed by atoms with Gasteiger partial charge in [0.1, 0.15) is 5.82 Å². The lowest BCUT2D eigenvalue weighted by molar-refractivity contribution is -0.131. The molecule has 3 rings (SSSR count). The van der Waals surface area contributed by atoms with Gasteiger partial charge in [-0.1, -0.05) is 6.07 Å². The van der Waals surface area contributed by atoms with Crippen molar-refractivity contribution >= 4 is 17.9 Å². The zero-order chi connectivity index (χ0) is 19.2. The number of ether oxygens (including phenoxy) is 1. The Morgan fingerprint density at radius 1 is 1.44 bits per heavy atom. The molecule has 0 amide bonds. The second-order valence-electron chi connectivity index (χ2n) is 6.33. The second kappa shape index (κ2) is 8.59. The van der Waals surface area contributed by atoms with Gasteiger partial charge in [0.2, 0.25) is 0 Å². The largest absolute Gasteiger partial charge is 0.494 e. The predicted molar refractivity (Wildman–Crippen MR) is 99.0 cm³/mol. The van der Waals surface area contributed by atoms with Crippen LogP contribution in [0, 0.1) is 5.82 Å². The molecule has 0 unspecified atom stereocenters. The number of rotatable bonds is 7. The Balaban J connectivity index is 1.53. The van der Waals surface area contributed by atoms with Crippen LogP contribution in [0.15, 0.2) is 36.7 Å². The summed E-state index contributed by atoms with van der Waals surface area (Å²) in [7, 11) is 1.46. The minimum atomic E-state index is -1.02. The van der Waals surface area contributed by atoms with E-state index in [1.807, 2.05) is 0 Å². The minimum Gasteiger partial charge on any atom is -0.494 e. The molecule has 0 bridgehead atoms. The number of aliphatic carboxylic acids is 1. The number of benzene rings is 1. The number of carboxylic acid groups (broad SMARTS) is 1.